The fourth-order valence-corrected chi connectivity index (χ4v) is 2.77. The first-order valence-electron chi connectivity index (χ1n) is 7.01. The number of carbonyl (C=O) groups is 1. The summed E-state index contributed by atoms with van der Waals surface area (Å²) >= 11 is 3.39. The smallest absolute Gasteiger partial charge is 0.336 e. The van der Waals surface area contributed by atoms with Crippen molar-refractivity contribution in [1.29, 1.82) is 0 Å². The Hall–Kier alpha value is -2.47. The lowest BCUT2D eigenvalue weighted by Gasteiger charge is -2.10. The van der Waals surface area contributed by atoms with Gasteiger partial charge >= 0.3 is 5.97 Å². The van der Waals surface area contributed by atoms with E-state index in [0.717, 1.165) is 10.0 Å². The van der Waals surface area contributed by atoms with Crippen LogP contribution in [0.2, 0.25) is 0 Å². The van der Waals surface area contributed by atoms with Gasteiger partial charge in [0.15, 0.2) is 11.5 Å². The lowest BCUT2D eigenvalue weighted by atomic mass is 10.0. The van der Waals surface area contributed by atoms with Crippen LogP contribution in [0.25, 0.3) is 11.6 Å². The minimum absolute atomic E-state index is 0.146. The lowest BCUT2D eigenvalue weighted by molar-refractivity contribution is -0.130. The molecular weight excluding hydrogens is 376 g/mol. The Bertz CT molecular complexity index is 783. The topological polar surface area (TPSA) is 65.0 Å². The number of halogens is 1. The highest BCUT2D eigenvalue weighted by Gasteiger charge is 2.14. The molecule has 126 valence electrons. The van der Waals surface area contributed by atoms with Gasteiger partial charge in [0.05, 0.1) is 31.4 Å². The molecule has 0 radical (unpaired) electrons. The van der Waals surface area contributed by atoms with Crippen LogP contribution in [0.5, 0.6) is 17.2 Å². The van der Waals surface area contributed by atoms with Gasteiger partial charge in [0.25, 0.3) is 0 Å². The van der Waals surface area contributed by atoms with Crippen molar-refractivity contribution in [3.8, 4) is 17.2 Å². The Morgan fingerprint density at radius 2 is 1.58 bits per heavy atom. The van der Waals surface area contributed by atoms with Gasteiger partial charge in [-0.1, -0.05) is 12.1 Å². The molecule has 0 saturated heterocycles. The quantitative estimate of drug-likeness (QED) is 0.592. The number of rotatable bonds is 6. The number of aliphatic carboxylic acids is 1. The molecule has 0 aliphatic heterocycles. The van der Waals surface area contributed by atoms with Gasteiger partial charge in [0.2, 0.25) is 0 Å². The standard InChI is InChI=1S/C18H17BrO5/c1-22-15-6-4-11(9-14(15)19)8-13(18(20)21)12-5-7-16(23-2)17(10-12)24-3/h4-10H,1-3H3,(H,20,21)/b13-8+. The van der Waals surface area contributed by atoms with Crippen LogP contribution in [-0.4, -0.2) is 32.4 Å². The number of methoxy groups -OCH3 is 3. The second-order valence-corrected chi connectivity index (χ2v) is 5.68. The first-order valence-corrected chi connectivity index (χ1v) is 7.80. The van der Waals surface area contributed by atoms with Crippen molar-refractivity contribution in [3.63, 3.8) is 0 Å². The van der Waals surface area contributed by atoms with E-state index < -0.39 is 5.97 Å². The highest BCUT2D eigenvalue weighted by atomic mass is 79.9. The fourth-order valence-electron chi connectivity index (χ4n) is 2.21. The highest BCUT2D eigenvalue weighted by Crippen LogP contribution is 2.32. The maximum atomic E-state index is 11.7. The summed E-state index contributed by atoms with van der Waals surface area (Å²) in [6.07, 6.45) is 1.59. The van der Waals surface area contributed by atoms with Gasteiger partial charge < -0.3 is 19.3 Å². The first-order chi connectivity index (χ1) is 11.5. The molecule has 5 nitrogen and oxygen atoms in total. The van der Waals surface area contributed by atoms with E-state index in [1.54, 1.807) is 49.6 Å². The fraction of sp³-hybridized carbons (Fsp3) is 0.167. The zero-order valence-corrected chi connectivity index (χ0v) is 15.1. The van der Waals surface area contributed by atoms with Crippen LogP contribution >= 0.6 is 15.9 Å². The lowest BCUT2D eigenvalue weighted by Crippen LogP contribution is -2.01. The van der Waals surface area contributed by atoms with E-state index in [0.29, 0.717) is 22.8 Å². The summed E-state index contributed by atoms with van der Waals surface area (Å²) in [6, 6.07) is 10.3. The minimum Gasteiger partial charge on any atom is -0.496 e. The van der Waals surface area contributed by atoms with Crippen molar-refractivity contribution < 1.29 is 24.1 Å². The van der Waals surface area contributed by atoms with Gasteiger partial charge in [-0.05, 0) is 57.4 Å². The SMILES string of the molecule is COc1ccc(/C=C(/C(=O)O)c2ccc(OC)c(OC)c2)cc1Br. The molecule has 0 bridgehead atoms. The molecule has 0 unspecified atom stereocenters. The molecule has 6 heteroatoms. The van der Waals surface area contributed by atoms with Crippen molar-refractivity contribution in [2.45, 2.75) is 0 Å². The third-order valence-corrected chi connectivity index (χ3v) is 4.03. The molecule has 0 atom stereocenters. The van der Waals surface area contributed by atoms with Crippen LogP contribution in [0.1, 0.15) is 11.1 Å². The third-order valence-electron chi connectivity index (χ3n) is 3.41. The number of hydrogen-bond acceptors (Lipinski definition) is 4. The summed E-state index contributed by atoms with van der Waals surface area (Å²) in [5, 5.41) is 9.57. The van der Waals surface area contributed by atoms with Crippen molar-refractivity contribution in [1.82, 2.24) is 0 Å². The summed E-state index contributed by atoms with van der Waals surface area (Å²) < 4.78 is 16.3. The first kappa shape index (κ1) is 17.9. The number of ether oxygens (including phenoxy) is 3. The molecule has 0 aliphatic rings. The van der Waals surface area contributed by atoms with Crippen molar-refractivity contribution in [2.24, 2.45) is 0 Å². The number of hydrogen-bond donors (Lipinski definition) is 1. The molecule has 0 aliphatic carbocycles. The molecule has 0 amide bonds. The Balaban J connectivity index is 2.50. The maximum absolute atomic E-state index is 11.7. The van der Waals surface area contributed by atoms with Gasteiger partial charge in [-0.25, -0.2) is 4.79 Å². The zero-order chi connectivity index (χ0) is 17.7. The largest absolute Gasteiger partial charge is 0.496 e. The summed E-state index contributed by atoms with van der Waals surface area (Å²) in [5.74, 6) is 0.653. The van der Waals surface area contributed by atoms with Crippen LogP contribution in [0, 0.1) is 0 Å². The van der Waals surface area contributed by atoms with Crippen LogP contribution in [0.15, 0.2) is 40.9 Å². The Kier molecular flexibility index (Phi) is 5.87. The van der Waals surface area contributed by atoms with Crippen molar-refractivity contribution in [3.05, 3.63) is 52.0 Å². The molecular formula is C18H17BrO5. The third kappa shape index (κ3) is 3.89. The normalized spacial score (nSPS) is 11.1. The Labute approximate surface area is 148 Å². The van der Waals surface area contributed by atoms with Gasteiger partial charge in [0.1, 0.15) is 5.75 Å². The molecule has 0 aromatic heterocycles. The summed E-state index contributed by atoms with van der Waals surface area (Å²) in [7, 11) is 4.61. The highest BCUT2D eigenvalue weighted by molar-refractivity contribution is 9.10. The summed E-state index contributed by atoms with van der Waals surface area (Å²) in [4.78, 5) is 11.7. The number of carboxylic acid groups (broad SMARTS) is 1. The summed E-state index contributed by atoms with van der Waals surface area (Å²) in [5.41, 5.74) is 1.40. The van der Waals surface area contributed by atoms with Crippen LogP contribution in [-0.2, 0) is 4.79 Å². The van der Waals surface area contributed by atoms with E-state index in [-0.39, 0.29) is 5.57 Å². The predicted molar refractivity (Wildman–Crippen MR) is 95.7 cm³/mol. The molecule has 0 heterocycles. The van der Waals surface area contributed by atoms with E-state index in [1.807, 2.05) is 0 Å². The van der Waals surface area contributed by atoms with E-state index in [1.165, 1.54) is 14.2 Å². The molecule has 2 aromatic rings. The summed E-state index contributed by atoms with van der Waals surface area (Å²) in [6.45, 7) is 0. The molecule has 0 spiro atoms. The Morgan fingerprint density at radius 3 is 2.12 bits per heavy atom. The number of carboxylic acids is 1. The molecule has 0 fully saturated rings. The van der Waals surface area contributed by atoms with Crippen molar-refractivity contribution in [2.75, 3.05) is 21.3 Å². The van der Waals surface area contributed by atoms with Crippen LogP contribution < -0.4 is 14.2 Å². The maximum Gasteiger partial charge on any atom is 0.336 e. The monoisotopic (exact) mass is 392 g/mol. The van der Waals surface area contributed by atoms with Crippen LogP contribution in [0.4, 0.5) is 0 Å². The molecule has 2 rings (SSSR count). The zero-order valence-electron chi connectivity index (χ0n) is 13.5. The Morgan fingerprint density at radius 1 is 0.958 bits per heavy atom. The average Bonchev–Trinajstić information content (AvgIpc) is 2.59. The molecule has 1 N–H and O–H groups in total. The second-order valence-electron chi connectivity index (χ2n) is 4.83. The van der Waals surface area contributed by atoms with E-state index in [2.05, 4.69) is 15.9 Å². The van der Waals surface area contributed by atoms with E-state index >= 15 is 0 Å². The molecule has 24 heavy (non-hydrogen) atoms. The van der Waals surface area contributed by atoms with Crippen LogP contribution in [0.3, 0.4) is 0 Å². The minimum atomic E-state index is -1.03. The second kappa shape index (κ2) is 7.88. The van der Waals surface area contributed by atoms with Gasteiger partial charge in [0, 0.05) is 0 Å². The van der Waals surface area contributed by atoms with E-state index in [4.69, 9.17) is 14.2 Å². The predicted octanol–water partition coefficient (Wildman–Crippen LogP) is 4.10. The van der Waals surface area contributed by atoms with Crippen molar-refractivity contribution >= 4 is 33.5 Å². The van der Waals surface area contributed by atoms with Gasteiger partial charge in [-0.3, -0.25) is 0 Å². The average molecular weight is 393 g/mol. The van der Waals surface area contributed by atoms with Gasteiger partial charge in [-0.2, -0.15) is 0 Å². The van der Waals surface area contributed by atoms with Gasteiger partial charge in [-0.15, -0.1) is 0 Å². The molecule has 2 aromatic carbocycles. The number of benzene rings is 2. The van der Waals surface area contributed by atoms with E-state index in [9.17, 15) is 9.90 Å². The molecule has 0 saturated carbocycles.